The van der Waals surface area contributed by atoms with Gasteiger partial charge >= 0.3 is 0 Å². The Bertz CT molecular complexity index is 1370. The minimum atomic E-state index is -0.135. The lowest BCUT2D eigenvalue weighted by Gasteiger charge is -2.28. The van der Waals surface area contributed by atoms with Crippen LogP contribution in [0.5, 0.6) is 0 Å². The van der Waals surface area contributed by atoms with E-state index >= 15 is 0 Å². The monoisotopic (exact) mass is 462 g/mol. The second-order valence-corrected chi connectivity index (χ2v) is 9.92. The van der Waals surface area contributed by atoms with Crippen molar-refractivity contribution in [3.8, 4) is 0 Å². The van der Waals surface area contributed by atoms with Gasteiger partial charge in [-0.1, -0.05) is 12.8 Å². The molecule has 1 aromatic carbocycles. The molecule has 0 spiro atoms. The lowest BCUT2D eigenvalue weighted by atomic mass is 10.2. The van der Waals surface area contributed by atoms with Crippen LogP contribution in [0.1, 0.15) is 37.5 Å². The smallest absolute Gasteiger partial charge is 0.298 e. The maximum Gasteiger partial charge on any atom is 0.298 e. The molecule has 0 unspecified atom stereocenters. The lowest BCUT2D eigenvalue weighted by molar-refractivity contribution is 0.515. The zero-order valence-electron chi connectivity index (χ0n) is 18.6. The van der Waals surface area contributed by atoms with Crippen LogP contribution in [0.15, 0.2) is 35.3 Å². The number of rotatable bonds is 4. The molecule has 0 atom stereocenters. The molecule has 10 heteroatoms. The van der Waals surface area contributed by atoms with Crippen molar-refractivity contribution in [3.63, 3.8) is 0 Å². The zero-order chi connectivity index (χ0) is 22.4. The summed E-state index contributed by atoms with van der Waals surface area (Å²) in [6, 6.07) is 8.52. The van der Waals surface area contributed by atoms with Crippen molar-refractivity contribution >= 4 is 45.9 Å². The number of hydrogen-bond acceptors (Lipinski definition) is 8. The first-order chi connectivity index (χ1) is 16.2. The van der Waals surface area contributed by atoms with Crippen LogP contribution in [0.3, 0.4) is 0 Å². The Labute approximate surface area is 195 Å². The maximum atomic E-state index is 13.4. The van der Waals surface area contributed by atoms with E-state index in [9.17, 15) is 4.79 Å². The molecule has 1 aliphatic carbocycles. The van der Waals surface area contributed by atoms with Crippen LogP contribution in [0.2, 0.25) is 0 Å². The van der Waals surface area contributed by atoms with Gasteiger partial charge < -0.3 is 10.2 Å². The molecule has 1 saturated carbocycles. The van der Waals surface area contributed by atoms with Crippen LogP contribution in [0, 0.1) is 6.92 Å². The van der Waals surface area contributed by atoms with Crippen molar-refractivity contribution in [1.29, 1.82) is 0 Å². The topological polar surface area (TPSA) is 93.2 Å². The molecule has 170 valence electrons. The van der Waals surface area contributed by atoms with E-state index in [1.165, 1.54) is 17.2 Å². The molecule has 1 N–H and O–H groups in total. The molecule has 0 radical (unpaired) electrons. The summed E-state index contributed by atoms with van der Waals surface area (Å²) in [6.07, 6.45) is 5.95. The summed E-state index contributed by atoms with van der Waals surface area (Å²) < 4.78 is 3.58. The van der Waals surface area contributed by atoms with E-state index in [4.69, 9.17) is 4.98 Å². The second kappa shape index (κ2) is 8.33. The molecule has 33 heavy (non-hydrogen) atoms. The molecule has 9 nitrogen and oxygen atoms in total. The lowest BCUT2D eigenvalue weighted by Crippen LogP contribution is -2.32. The average molecular weight is 463 g/mol. The Morgan fingerprint density at radius 3 is 2.55 bits per heavy atom. The van der Waals surface area contributed by atoms with Crippen LogP contribution in [-0.4, -0.2) is 53.7 Å². The van der Waals surface area contributed by atoms with Gasteiger partial charge in [-0.3, -0.25) is 13.8 Å². The number of benzene rings is 1. The van der Waals surface area contributed by atoms with Crippen molar-refractivity contribution in [1.82, 2.24) is 29.1 Å². The van der Waals surface area contributed by atoms with Crippen LogP contribution in [0.25, 0.3) is 16.8 Å². The first kappa shape index (κ1) is 20.5. The molecule has 3 aromatic heterocycles. The average Bonchev–Trinajstić information content (AvgIpc) is 3.51. The minimum absolute atomic E-state index is 0.131. The van der Waals surface area contributed by atoms with Crippen LogP contribution in [0.4, 0.5) is 17.3 Å². The molecular weight excluding hydrogens is 436 g/mol. The Morgan fingerprint density at radius 2 is 1.79 bits per heavy atom. The van der Waals surface area contributed by atoms with Gasteiger partial charge in [0.25, 0.3) is 5.56 Å². The number of nitrogens with zero attached hydrogens (tertiary/aromatic N) is 7. The van der Waals surface area contributed by atoms with Gasteiger partial charge in [0.1, 0.15) is 11.3 Å². The fourth-order valence-electron chi connectivity index (χ4n) is 4.96. The van der Waals surface area contributed by atoms with Gasteiger partial charge in [-0.25, -0.2) is 4.98 Å². The van der Waals surface area contributed by atoms with Gasteiger partial charge in [0.05, 0.1) is 6.20 Å². The molecule has 2 aliphatic rings. The molecular formula is C23H26N8OS. The molecule has 6 rings (SSSR count). The van der Waals surface area contributed by atoms with Crippen molar-refractivity contribution in [2.45, 2.75) is 38.6 Å². The number of anilines is 3. The summed E-state index contributed by atoms with van der Waals surface area (Å²) in [6.45, 7) is 4.01. The Balaban J connectivity index is 1.39. The van der Waals surface area contributed by atoms with Gasteiger partial charge in [-0.05, 0) is 44.0 Å². The van der Waals surface area contributed by atoms with Crippen molar-refractivity contribution in [2.75, 3.05) is 34.8 Å². The Hall–Kier alpha value is -3.14. The largest absolute Gasteiger partial charge is 0.370 e. The molecule has 0 bridgehead atoms. The number of thioether (sulfide) groups is 1. The van der Waals surface area contributed by atoms with Gasteiger partial charge in [-0.15, -0.1) is 10.2 Å². The normalized spacial score (nSPS) is 17.3. The van der Waals surface area contributed by atoms with E-state index < -0.39 is 0 Å². The third-order valence-electron chi connectivity index (χ3n) is 6.64. The number of hydrogen-bond donors (Lipinski definition) is 1. The van der Waals surface area contributed by atoms with Crippen LogP contribution < -0.4 is 15.8 Å². The summed E-state index contributed by atoms with van der Waals surface area (Å²) in [5.74, 6) is 3.47. The van der Waals surface area contributed by atoms with E-state index in [1.54, 1.807) is 10.6 Å². The highest BCUT2D eigenvalue weighted by Crippen LogP contribution is 2.31. The van der Waals surface area contributed by atoms with Crippen LogP contribution >= 0.6 is 11.8 Å². The van der Waals surface area contributed by atoms with Crippen LogP contribution in [-0.2, 0) is 0 Å². The van der Waals surface area contributed by atoms with Gasteiger partial charge in [-0.2, -0.15) is 16.7 Å². The molecule has 1 saturated heterocycles. The van der Waals surface area contributed by atoms with Gasteiger partial charge in [0.15, 0.2) is 5.65 Å². The predicted molar refractivity (Wildman–Crippen MR) is 132 cm³/mol. The third-order valence-corrected chi connectivity index (χ3v) is 7.59. The summed E-state index contributed by atoms with van der Waals surface area (Å²) in [4.78, 5) is 25.1. The third kappa shape index (κ3) is 3.62. The molecule has 1 aliphatic heterocycles. The minimum Gasteiger partial charge on any atom is -0.370 e. The first-order valence-electron chi connectivity index (χ1n) is 11.5. The fourth-order valence-corrected chi connectivity index (χ4v) is 5.87. The van der Waals surface area contributed by atoms with E-state index in [-0.39, 0.29) is 11.6 Å². The van der Waals surface area contributed by atoms with E-state index in [0.29, 0.717) is 23.1 Å². The molecule has 4 aromatic rings. The van der Waals surface area contributed by atoms with E-state index in [0.717, 1.165) is 50.0 Å². The SMILES string of the molecule is Cc1nnc2c(=O)n(C3CCCC3)c3nc(Nc4ccc(N5CCSCC5)cc4)ncc3n12. The Kier molecular flexibility index (Phi) is 5.17. The fraction of sp³-hybridized carbons (Fsp3) is 0.435. The van der Waals surface area contributed by atoms with E-state index in [1.807, 2.05) is 23.3 Å². The summed E-state index contributed by atoms with van der Waals surface area (Å²) >= 11 is 2.01. The van der Waals surface area contributed by atoms with Gasteiger partial charge in [0.2, 0.25) is 11.6 Å². The summed E-state index contributed by atoms with van der Waals surface area (Å²) in [7, 11) is 0. The predicted octanol–water partition coefficient (Wildman–Crippen LogP) is 3.55. The standard InChI is InChI=1S/C23H26N8OS/c1-15-27-28-21-22(32)31(18-4-2-3-5-18)20-19(30(15)21)14-24-23(26-20)25-16-6-8-17(9-7-16)29-10-12-33-13-11-29/h6-9,14,18H,2-5,10-13H2,1H3,(H,24,25,26). The van der Waals surface area contributed by atoms with Gasteiger partial charge in [0, 0.05) is 42.0 Å². The highest BCUT2D eigenvalue weighted by atomic mass is 32.2. The van der Waals surface area contributed by atoms with Crippen molar-refractivity contribution in [2.24, 2.45) is 0 Å². The Morgan fingerprint density at radius 1 is 1.03 bits per heavy atom. The van der Waals surface area contributed by atoms with Crippen molar-refractivity contribution in [3.05, 3.63) is 46.6 Å². The number of aromatic nitrogens is 6. The number of fused-ring (bicyclic) bond motifs is 3. The van der Waals surface area contributed by atoms with Crippen molar-refractivity contribution < 1.29 is 0 Å². The van der Waals surface area contributed by atoms with E-state index in [2.05, 4.69) is 49.7 Å². The number of nitrogens with one attached hydrogen (secondary N) is 1. The molecule has 0 amide bonds. The first-order valence-corrected chi connectivity index (χ1v) is 12.7. The maximum absolute atomic E-state index is 13.4. The quantitative estimate of drug-likeness (QED) is 0.492. The molecule has 2 fully saturated rings. The highest BCUT2D eigenvalue weighted by Gasteiger charge is 2.25. The molecule has 4 heterocycles. The summed E-state index contributed by atoms with van der Waals surface area (Å²) in [5, 5.41) is 11.6. The zero-order valence-corrected chi connectivity index (χ0v) is 19.4. The summed E-state index contributed by atoms with van der Waals surface area (Å²) in [5.41, 5.74) is 3.73. The number of aryl methyl sites for hydroxylation is 1. The second-order valence-electron chi connectivity index (χ2n) is 8.69. The highest BCUT2D eigenvalue weighted by molar-refractivity contribution is 7.99.